The molecule has 3 heterocycles. The summed E-state index contributed by atoms with van der Waals surface area (Å²) in [5, 5.41) is 3.25. The van der Waals surface area contributed by atoms with E-state index in [1.54, 1.807) is 22.9 Å². The van der Waals surface area contributed by atoms with Crippen molar-refractivity contribution in [2.24, 2.45) is 0 Å². The molecule has 0 unspecified atom stereocenters. The number of carbonyl (C=O) groups excluding carboxylic acids is 1. The van der Waals surface area contributed by atoms with E-state index >= 15 is 0 Å². The van der Waals surface area contributed by atoms with Crippen molar-refractivity contribution >= 4 is 28.2 Å². The predicted octanol–water partition coefficient (Wildman–Crippen LogP) is 3.40. The van der Waals surface area contributed by atoms with Crippen molar-refractivity contribution < 1.29 is 4.79 Å². The van der Waals surface area contributed by atoms with Gasteiger partial charge >= 0.3 is 0 Å². The first-order chi connectivity index (χ1) is 14.1. The fourth-order valence-corrected chi connectivity index (χ4v) is 3.41. The number of nitrogens with zero attached hydrogens (tertiary/aromatic N) is 4. The molecule has 0 radical (unpaired) electrons. The summed E-state index contributed by atoms with van der Waals surface area (Å²) in [5.41, 5.74) is 3.33. The first-order valence-corrected chi connectivity index (χ1v) is 10.2. The molecule has 0 aliphatic heterocycles. The lowest BCUT2D eigenvalue weighted by atomic mass is 10.1. The van der Waals surface area contributed by atoms with Crippen molar-refractivity contribution in [3.05, 3.63) is 80.2 Å². The monoisotopic (exact) mass is 455 g/mol. The largest absolute Gasteiger partial charge is 0.356 e. The van der Waals surface area contributed by atoms with Crippen LogP contribution in [0.2, 0.25) is 0 Å². The van der Waals surface area contributed by atoms with Gasteiger partial charge in [-0.3, -0.25) is 24.1 Å². The summed E-state index contributed by atoms with van der Waals surface area (Å²) in [7, 11) is 0. The Morgan fingerprint density at radius 3 is 2.72 bits per heavy atom. The lowest BCUT2D eigenvalue weighted by molar-refractivity contribution is 0.111. The zero-order valence-corrected chi connectivity index (χ0v) is 17.7. The van der Waals surface area contributed by atoms with E-state index in [0.717, 1.165) is 35.0 Å². The number of aromatic nitrogens is 4. The van der Waals surface area contributed by atoms with Crippen LogP contribution in [-0.2, 0) is 13.0 Å². The lowest BCUT2D eigenvalue weighted by Crippen LogP contribution is -2.24. The number of halogens is 1. The third-order valence-corrected chi connectivity index (χ3v) is 4.96. The van der Waals surface area contributed by atoms with Crippen LogP contribution >= 0.6 is 15.9 Å². The van der Waals surface area contributed by atoms with Gasteiger partial charge in [0, 0.05) is 41.4 Å². The van der Waals surface area contributed by atoms with Crippen molar-refractivity contribution in [1.82, 2.24) is 19.5 Å². The first-order valence-electron chi connectivity index (χ1n) is 9.37. The summed E-state index contributed by atoms with van der Waals surface area (Å²) in [6.07, 6.45) is 8.44. The third-order valence-electron chi connectivity index (χ3n) is 4.52. The standard InChI is InChI=1S/C21H22BrN5O2/c1-15-10-17(22)12-26-19(15)4-2-3-8-23-21-24-9-7-20(29)27(21)13-16-5-6-18(14-28)25-11-16/h5-7,9-12,14H,2-4,8,13H2,1H3,(H,23,24). The van der Waals surface area contributed by atoms with Crippen molar-refractivity contribution in [1.29, 1.82) is 0 Å². The van der Waals surface area contributed by atoms with Gasteiger partial charge in [0.25, 0.3) is 5.56 Å². The van der Waals surface area contributed by atoms with Crippen LogP contribution in [0.3, 0.4) is 0 Å². The third kappa shape index (κ3) is 5.80. The SMILES string of the molecule is Cc1cc(Br)cnc1CCCCNc1nccc(=O)n1Cc1ccc(C=O)nc1. The molecular weight excluding hydrogens is 434 g/mol. The number of hydrogen-bond donors (Lipinski definition) is 1. The number of unbranched alkanes of at least 4 members (excludes halogenated alkanes) is 1. The van der Waals surface area contributed by atoms with Crippen molar-refractivity contribution in [3.63, 3.8) is 0 Å². The molecule has 8 heteroatoms. The first kappa shape index (κ1) is 20.9. The molecule has 0 amide bonds. The highest BCUT2D eigenvalue weighted by Crippen LogP contribution is 2.15. The molecule has 29 heavy (non-hydrogen) atoms. The van der Waals surface area contributed by atoms with Crippen LogP contribution in [-0.4, -0.2) is 32.3 Å². The molecule has 1 N–H and O–H groups in total. The Kier molecular flexibility index (Phi) is 7.24. The van der Waals surface area contributed by atoms with Gasteiger partial charge in [-0.25, -0.2) is 4.98 Å². The molecule has 0 fully saturated rings. The van der Waals surface area contributed by atoms with Crippen LogP contribution in [0, 0.1) is 6.92 Å². The van der Waals surface area contributed by atoms with Gasteiger partial charge in [-0.2, -0.15) is 0 Å². The summed E-state index contributed by atoms with van der Waals surface area (Å²) in [4.78, 5) is 35.9. The molecule has 0 spiro atoms. The van der Waals surface area contributed by atoms with Crippen LogP contribution in [0.5, 0.6) is 0 Å². The summed E-state index contributed by atoms with van der Waals surface area (Å²) >= 11 is 3.43. The number of rotatable bonds is 9. The van der Waals surface area contributed by atoms with E-state index in [1.165, 1.54) is 17.8 Å². The molecule has 0 saturated heterocycles. The summed E-state index contributed by atoms with van der Waals surface area (Å²) < 4.78 is 2.56. The van der Waals surface area contributed by atoms with E-state index < -0.39 is 0 Å². The van der Waals surface area contributed by atoms with Gasteiger partial charge in [0.05, 0.1) is 6.54 Å². The second kappa shape index (κ2) is 10.1. The van der Waals surface area contributed by atoms with Crippen LogP contribution in [0.15, 0.2) is 52.1 Å². The Hall–Kier alpha value is -2.87. The maximum atomic E-state index is 12.3. The van der Waals surface area contributed by atoms with Crippen LogP contribution < -0.4 is 10.9 Å². The fraction of sp³-hybridized carbons (Fsp3) is 0.286. The molecule has 0 aliphatic rings. The second-order valence-electron chi connectivity index (χ2n) is 6.70. The maximum absolute atomic E-state index is 12.3. The zero-order chi connectivity index (χ0) is 20.6. The molecule has 0 aromatic carbocycles. The molecule has 0 saturated carbocycles. The number of pyridine rings is 2. The van der Waals surface area contributed by atoms with E-state index in [9.17, 15) is 9.59 Å². The number of anilines is 1. The Bertz CT molecular complexity index is 1030. The van der Waals surface area contributed by atoms with Gasteiger partial charge in [0.1, 0.15) is 5.69 Å². The van der Waals surface area contributed by atoms with E-state index in [4.69, 9.17) is 0 Å². The van der Waals surface area contributed by atoms with Crippen molar-refractivity contribution in [2.45, 2.75) is 32.7 Å². The zero-order valence-electron chi connectivity index (χ0n) is 16.1. The summed E-state index contributed by atoms with van der Waals surface area (Å²) in [5.74, 6) is 0.523. The van der Waals surface area contributed by atoms with Gasteiger partial charge in [-0.15, -0.1) is 0 Å². The van der Waals surface area contributed by atoms with E-state index in [0.29, 0.717) is 31.0 Å². The van der Waals surface area contributed by atoms with Gasteiger partial charge < -0.3 is 5.32 Å². The normalized spacial score (nSPS) is 10.7. The topological polar surface area (TPSA) is 89.8 Å². The lowest BCUT2D eigenvalue weighted by Gasteiger charge is -2.13. The molecule has 0 aliphatic carbocycles. The molecule has 7 nitrogen and oxygen atoms in total. The summed E-state index contributed by atoms with van der Waals surface area (Å²) in [6.45, 7) is 3.10. The number of carbonyl (C=O) groups is 1. The Balaban J connectivity index is 1.57. The minimum absolute atomic E-state index is 0.142. The smallest absolute Gasteiger partial charge is 0.255 e. The van der Waals surface area contributed by atoms with Gasteiger partial charge in [-0.1, -0.05) is 6.07 Å². The number of aryl methyl sites for hydroxylation is 2. The van der Waals surface area contributed by atoms with Crippen molar-refractivity contribution in [3.8, 4) is 0 Å². The maximum Gasteiger partial charge on any atom is 0.255 e. The second-order valence-corrected chi connectivity index (χ2v) is 7.62. The van der Waals surface area contributed by atoms with Crippen LogP contribution in [0.25, 0.3) is 0 Å². The Morgan fingerprint density at radius 1 is 1.14 bits per heavy atom. The summed E-state index contributed by atoms with van der Waals surface area (Å²) in [6, 6.07) is 6.92. The highest BCUT2D eigenvalue weighted by molar-refractivity contribution is 9.10. The fourth-order valence-electron chi connectivity index (χ4n) is 2.96. The minimum atomic E-state index is -0.142. The number of hydrogen-bond acceptors (Lipinski definition) is 6. The molecule has 3 aromatic heterocycles. The van der Waals surface area contributed by atoms with E-state index in [2.05, 4.69) is 49.2 Å². The van der Waals surface area contributed by atoms with Crippen LogP contribution in [0.4, 0.5) is 5.95 Å². The van der Waals surface area contributed by atoms with Crippen LogP contribution in [0.1, 0.15) is 40.2 Å². The highest BCUT2D eigenvalue weighted by Gasteiger charge is 2.07. The molecule has 3 rings (SSSR count). The Labute approximate surface area is 177 Å². The van der Waals surface area contributed by atoms with Gasteiger partial charge in [0.2, 0.25) is 5.95 Å². The number of nitrogens with one attached hydrogen (secondary N) is 1. The average molecular weight is 456 g/mol. The highest BCUT2D eigenvalue weighted by atomic mass is 79.9. The van der Waals surface area contributed by atoms with E-state index in [1.807, 2.05) is 6.20 Å². The molecule has 0 atom stereocenters. The molecule has 0 bridgehead atoms. The molecule has 3 aromatic rings. The number of aldehydes is 1. The molecule has 150 valence electrons. The Morgan fingerprint density at radius 2 is 2.00 bits per heavy atom. The average Bonchev–Trinajstić information content (AvgIpc) is 2.72. The quantitative estimate of drug-likeness (QED) is 0.392. The van der Waals surface area contributed by atoms with Crippen molar-refractivity contribution in [2.75, 3.05) is 11.9 Å². The molecular formula is C21H22BrN5O2. The van der Waals surface area contributed by atoms with Gasteiger partial charge in [-0.05, 0) is 65.4 Å². The van der Waals surface area contributed by atoms with E-state index in [-0.39, 0.29) is 5.56 Å². The minimum Gasteiger partial charge on any atom is -0.356 e. The van der Waals surface area contributed by atoms with Gasteiger partial charge in [0.15, 0.2) is 6.29 Å². The predicted molar refractivity (Wildman–Crippen MR) is 115 cm³/mol.